The van der Waals surface area contributed by atoms with Gasteiger partial charge < -0.3 is 19.1 Å². The Kier molecular flexibility index (Phi) is 5.68. The monoisotopic (exact) mass is 495 g/mol. The molecule has 11 heteroatoms. The molecule has 2 unspecified atom stereocenters. The number of nitrogens with zero attached hydrogens (tertiary/aromatic N) is 5. The fraction of sp³-hybridized carbons (Fsp3) is 0.520. The number of hydrogen-bond donors (Lipinski definition) is 0. The second kappa shape index (κ2) is 8.90. The van der Waals surface area contributed by atoms with Gasteiger partial charge in [-0.05, 0) is 37.6 Å². The predicted octanol–water partition coefficient (Wildman–Crippen LogP) is 0.760. The summed E-state index contributed by atoms with van der Waals surface area (Å²) in [5.74, 6) is 0.695. The van der Waals surface area contributed by atoms with Crippen LogP contribution in [0.5, 0.6) is 5.75 Å². The van der Waals surface area contributed by atoms with Gasteiger partial charge in [0.25, 0.3) is 11.8 Å². The molecular weight excluding hydrogens is 466 g/mol. The number of hydrogen-bond acceptors (Lipinski definition) is 8. The van der Waals surface area contributed by atoms with Crippen molar-refractivity contribution in [3.8, 4) is 11.4 Å². The van der Waals surface area contributed by atoms with E-state index in [-0.39, 0.29) is 36.8 Å². The van der Waals surface area contributed by atoms with Crippen LogP contribution in [-0.4, -0.2) is 102 Å². The zero-order chi connectivity index (χ0) is 25.0. The molecule has 1 aromatic heterocycles. The van der Waals surface area contributed by atoms with Gasteiger partial charge in [-0.2, -0.15) is 5.10 Å². The third-order valence-electron chi connectivity index (χ3n) is 7.63. The van der Waals surface area contributed by atoms with Gasteiger partial charge in [-0.25, -0.2) is 14.5 Å². The molecule has 3 aliphatic heterocycles. The lowest BCUT2D eigenvalue weighted by Gasteiger charge is -2.37. The molecule has 2 amide bonds. The molecule has 36 heavy (non-hydrogen) atoms. The Bertz CT molecular complexity index is 1200. The van der Waals surface area contributed by atoms with E-state index in [2.05, 4.69) is 10.1 Å². The number of carbonyl (C=O) groups is 3. The Hall–Kier alpha value is -3.44. The molecule has 6 rings (SSSR count). The van der Waals surface area contributed by atoms with Crippen molar-refractivity contribution < 1.29 is 28.6 Å². The van der Waals surface area contributed by atoms with Gasteiger partial charge in [-0.15, -0.1) is 0 Å². The number of rotatable bonds is 6. The van der Waals surface area contributed by atoms with Crippen LogP contribution < -0.4 is 4.74 Å². The van der Waals surface area contributed by atoms with Gasteiger partial charge in [-0.3, -0.25) is 14.6 Å². The molecule has 2 saturated heterocycles. The second-order valence-electron chi connectivity index (χ2n) is 9.51. The molecule has 0 N–H and O–H groups in total. The van der Waals surface area contributed by atoms with Gasteiger partial charge in [0.2, 0.25) is 0 Å². The Labute approximate surface area is 208 Å². The first-order valence-corrected chi connectivity index (χ1v) is 12.4. The maximum Gasteiger partial charge on any atom is 0.359 e. The lowest BCUT2D eigenvalue weighted by atomic mass is 10.0. The number of piperidine rings is 1. The normalized spacial score (nSPS) is 25.6. The van der Waals surface area contributed by atoms with Crippen molar-refractivity contribution in [3.05, 3.63) is 41.2 Å². The van der Waals surface area contributed by atoms with Crippen LogP contribution in [0.4, 0.5) is 0 Å². The van der Waals surface area contributed by atoms with Crippen LogP contribution in [0.3, 0.4) is 0 Å². The smallest absolute Gasteiger partial charge is 0.359 e. The standard InChI is InChI=1S/C25H29N5O6/c1-3-36-25(33)21-17-8-9-28(22-18-12-27(13-19(18)22)29-10-11-35-14-20(29)31)24(32)23(17)30(26-21)15-4-6-16(34-2)7-5-15/h4-7,18-19,22H,3,8-14H2,1-2H3. The maximum atomic E-state index is 13.9. The van der Waals surface area contributed by atoms with E-state index in [0.29, 0.717) is 60.6 Å². The molecule has 4 aliphatic rings. The van der Waals surface area contributed by atoms with Gasteiger partial charge in [-0.1, -0.05) is 0 Å². The number of hydrazine groups is 1. The number of fused-ring (bicyclic) bond motifs is 2. The van der Waals surface area contributed by atoms with E-state index in [1.54, 1.807) is 35.9 Å². The highest BCUT2D eigenvalue weighted by Crippen LogP contribution is 2.50. The molecule has 190 valence electrons. The highest BCUT2D eigenvalue weighted by Gasteiger charge is 2.61. The minimum Gasteiger partial charge on any atom is -0.497 e. The summed E-state index contributed by atoms with van der Waals surface area (Å²) in [5, 5.41) is 8.45. The Morgan fingerprint density at radius 3 is 2.56 bits per heavy atom. The predicted molar refractivity (Wildman–Crippen MR) is 126 cm³/mol. The molecule has 1 aliphatic carbocycles. The summed E-state index contributed by atoms with van der Waals surface area (Å²) >= 11 is 0. The average Bonchev–Trinajstić information content (AvgIpc) is 3.20. The van der Waals surface area contributed by atoms with Crippen molar-refractivity contribution in [2.24, 2.45) is 11.8 Å². The molecule has 2 aromatic rings. The summed E-state index contributed by atoms with van der Waals surface area (Å²) in [7, 11) is 1.59. The van der Waals surface area contributed by atoms with Crippen molar-refractivity contribution in [1.82, 2.24) is 24.7 Å². The largest absolute Gasteiger partial charge is 0.497 e. The molecular formula is C25H29N5O6. The topological polar surface area (TPSA) is 106 Å². The van der Waals surface area contributed by atoms with Gasteiger partial charge >= 0.3 is 5.97 Å². The fourth-order valence-electron chi connectivity index (χ4n) is 5.88. The Morgan fingerprint density at radius 1 is 1.14 bits per heavy atom. The molecule has 4 heterocycles. The summed E-state index contributed by atoms with van der Waals surface area (Å²) in [4.78, 5) is 40.7. The Balaban J connectivity index is 1.26. The van der Waals surface area contributed by atoms with Crippen LogP contribution in [0.15, 0.2) is 24.3 Å². The third kappa shape index (κ3) is 3.65. The van der Waals surface area contributed by atoms with E-state index < -0.39 is 5.97 Å². The maximum absolute atomic E-state index is 13.9. The van der Waals surface area contributed by atoms with E-state index in [0.717, 1.165) is 13.1 Å². The van der Waals surface area contributed by atoms with Crippen LogP contribution in [-0.2, 0) is 20.7 Å². The van der Waals surface area contributed by atoms with Crippen LogP contribution in [0, 0.1) is 11.8 Å². The number of esters is 1. The quantitative estimate of drug-likeness (QED) is 0.541. The van der Waals surface area contributed by atoms with Crippen LogP contribution in [0.1, 0.15) is 33.5 Å². The first kappa shape index (κ1) is 23.0. The number of ether oxygens (including phenoxy) is 3. The zero-order valence-corrected chi connectivity index (χ0v) is 20.4. The van der Waals surface area contributed by atoms with E-state index in [1.807, 2.05) is 17.0 Å². The van der Waals surface area contributed by atoms with Crippen molar-refractivity contribution in [2.75, 3.05) is 53.1 Å². The Morgan fingerprint density at radius 2 is 1.89 bits per heavy atom. The van der Waals surface area contributed by atoms with E-state index in [9.17, 15) is 14.4 Å². The van der Waals surface area contributed by atoms with Crippen molar-refractivity contribution in [2.45, 2.75) is 19.4 Å². The van der Waals surface area contributed by atoms with E-state index >= 15 is 0 Å². The van der Waals surface area contributed by atoms with Gasteiger partial charge in [0, 0.05) is 43.1 Å². The molecule has 3 fully saturated rings. The minimum absolute atomic E-state index is 0.00678. The van der Waals surface area contributed by atoms with Gasteiger partial charge in [0.05, 0.1) is 32.6 Å². The molecule has 1 aromatic carbocycles. The highest BCUT2D eigenvalue weighted by molar-refractivity contribution is 6.00. The van der Waals surface area contributed by atoms with Gasteiger partial charge in [0.1, 0.15) is 18.1 Å². The molecule has 0 spiro atoms. The molecule has 0 bridgehead atoms. The number of carbonyl (C=O) groups excluding carboxylic acids is 3. The number of methoxy groups -OCH3 is 1. The number of amides is 2. The molecule has 0 radical (unpaired) electrons. The first-order valence-electron chi connectivity index (χ1n) is 12.4. The minimum atomic E-state index is -0.517. The van der Waals surface area contributed by atoms with E-state index in [1.165, 1.54) is 0 Å². The lowest BCUT2D eigenvalue weighted by molar-refractivity contribution is -0.164. The number of benzene rings is 1. The van der Waals surface area contributed by atoms with Crippen LogP contribution in [0.2, 0.25) is 0 Å². The fourth-order valence-corrected chi connectivity index (χ4v) is 5.88. The summed E-state index contributed by atoms with van der Waals surface area (Å²) in [5.41, 5.74) is 1.92. The molecule has 11 nitrogen and oxygen atoms in total. The second-order valence-corrected chi connectivity index (χ2v) is 9.51. The summed E-state index contributed by atoms with van der Waals surface area (Å²) in [6.07, 6.45) is 0.535. The van der Waals surface area contributed by atoms with Gasteiger partial charge in [0.15, 0.2) is 5.69 Å². The first-order chi connectivity index (χ1) is 17.5. The molecule has 2 atom stereocenters. The summed E-state index contributed by atoms with van der Waals surface area (Å²) < 4.78 is 17.3. The summed E-state index contributed by atoms with van der Waals surface area (Å²) in [6, 6.07) is 7.35. The zero-order valence-electron chi connectivity index (χ0n) is 20.4. The lowest BCUT2D eigenvalue weighted by Crippen LogP contribution is -2.53. The highest BCUT2D eigenvalue weighted by atomic mass is 16.5. The number of aromatic nitrogens is 2. The van der Waals surface area contributed by atoms with Crippen LogP contribution >= 0.6 is 0 Å². The average molecular weight is 496 g/mol. The third-order valence-corrected chi connectivity index (χ3v) is 7.63. The van der Waals surface area contributed by atoms with E-state index in [4.69, 9.17) is 14.2 Å². The van der Waals surface area contributed by atoms with Crippen molar-refractivity contribution >= 4 is 17.8 Å². The van der Waals surface area contributed by atoms with Crippen molar-refractivity contribution in [3.63, 3.8) is 0 Å². The SMILES string of the molecule is CCOC(=O)c1nn(-c2ccc(OC)cc2)c2c1CCN(C1C3CN(N4CCOCC4=O)CC31)C2=O. The van der Waals surface area contributed by atoms with Crippen LogP contribution in [0.25, 0.3) is 5.69 Å². The summed E-state index contributed by atoms with van der Waals surface area (Å²) in [6.45, 7) is 5.27. The van der Waals surface area contributed by atoms with Crippen molar-refractivity contribution in [1.29, 1.82) is 0 Å². The molecule has 1 saturated carbocycles. The number of morpholine rings is 1.